The van der Waals surface area contributed by atoms with Gasteiger partial charge >= 0.3 is 0 Å². The molecule has 0 spiro atoms. The minimum atomic E-state index is 0.713. The standard InChI is InChI=1S/C28H27N2O/c1-18-11-12-22-23-17-21-9-5-6-10-24(21)29-28(23)31-27(22)26(18)25-16-20(13-14-30(25)2)15-19-7-3-4-8-19/h5-6,9-14,16-17,19H,3-4,7-8,15H2,1-2H3/q+1. The molecule has 154 valence electrons. The van der Waals surface area contributed by atoms with Crippen LogP contribution in [-0.4, -0.2) is 4.98 Å². The van der Waals surface area contributed by atoms with Crippen molar-refractivity contribution in [3.05, 3.63) is 71.9 Å². The van der Waals surface area contributed by atoms with Gasteiger partial charge in [-0.3, -0.25) is 0 Å². The fraction of sp³-hybridized carbons (Fsp3) is 0.286. The SMILES string of the molecule is Cc1ccc2c(oc3nc4ccccc4cc32)c1-c1cc(CC2CCCC2)cc[n+]1C. The van der Waals surface area contributed by atoms with E-state index in [-0.39, 0.29) is 0 Å². The lowest BCUT2D eigenvalue weighted by atomic mass is 9.95. The van der Waals surface area contributed by atoms with Crippen molar-refractivity contribution < 1.29 is 8.98 Å². The topological polar surface area (TPSA) is 29.9 Å². The van der Waals surface area contributed by atoms with E-state index in [9.17, 15) is 0 Å². The molecule has 1 fully saturated rings. The average molecular weight is 408 g/mol. The number of para-hydroxylation sites is 1. The highest BCUT2D eigenvalue weighted by atomic mass is 16.3. The molecule has 0 unspecified atom stereocenters. The van der Waals surface area contributed by atoms with Gasteiger partial charge in [-0.1, -0.05) is 56.0 Å². The Morgan fingerprint density at radius 3 is 2.71 bits per heavy atom. The second-order valence-corrected chi connectivity index (χ2v) is 9.16. The monoisotopic (exact) mass is 407 g/mol. The Bertz CT molecular complexity index is 1440. The Labute approximate surface area is 182 Å². The maximum absolute atomic E-state index is 6.43. The molecule has 0 bridgehead atoms. The summed E-state index contributed by atoms with van der Waals surface area (Å²) in [6.07, 6.45) is 8.89. The van der Waals surface area contributed by atoms with Gasteiger partial charge in [0.05, 0.1) is 11.1 Å². The third-order valence-electron chi connectivity index (χ3n) is 7.01. The number of furan rings is 1. The summed E-state index contributed by atoms with van der Waals surface area (Å²) >= 11 is 0. The predicted molar refractivity (Wildman–Crippen MR) is 126 cm³/mol. The average Bonchev–Trinajstić information content (AvgIpc) is 3.41. The zero-order valence-corrected chi connectivity index (χ0v) is 18.2. The van der Waals surface area contributed by atoms with E-state index in [4.69, 9.17) is 9.40 Å². The fourth-order valence-electron chi connectivity index (χ4n) is 5.32. The number of hydrogen-bond donors (Lipinski definition) is 0. The number of fused-ring (bicyclic) bond motifs is 4. The quantitative estimate of drug-likeness (QED) is 0.313. The van der Waals surface area contributed by atoms with Crippen molar-refractivity contribution in [1.82, 2.24) is 4.98 Å². The summed E-state index contributed by atoms with van der Waals surface area (Å²) in [5.74, 6) is 0.834. The summed E-state index contributed by atoms with van der Waals surface area (Å²) in [4.78, 5) is 4.81. The molecule has 0 amide bonds. The largest absolute Gasteiger partial charge is 0.437 e. The zero-order valence-electron chi connectivity index (χ0n) is 18.2. The van der Waals surface area contributed by atoms with Gasteiger partial charge in [-0.25, -0.2) is 9.55 Å². The van der Waals surface area contributed by atoms with Crippen LogP contribution in [0.15, 0.2) is 65.2 Å². The van der Waals surface area contributed by atoms with Crippen LogP contribution in [0, 0.1) is 12.8 Å². The van der Waals surface area contributed by atoms with Crippen molar-refractivity contribution in [3.63, 3.8) is 0 Å². The summed E-state index contributed by atoms with van der Waals surface area (Å²) in [6.45, 7) is 2.18. The van der Waals surface area contributed by atoms with Crippen molar-refractivity contribution in [2.75, 3.05) is 0 Å². The molecule has 3 heterocycles. The Kier molecular flexibility index (Phi) is 4.31. The van der Waals surface area contributed by atoms with Gasteiger partial charge in [0.25, 0.3) is 0 Å². The maximum Gasteiger partial charge on any atom is 0.227 e. The van der Waals surface area contributed by atoms with Crippen LogP contribution in [0.2, 0.25) is 0 Å². The predicted octanol–water partition coefficient (Wildman–Crippen LogP) is 6.67. The number of aromatic nitrogens is 2. The van der Waals surface area contributed by atoms with E-state index in [0.717, 1.165) is 33.2 Å². The van der Waals surface area contributed by atoms with E-state index in [1.165, 1.54) is 54.5 Å². The molecule has 0 radical (unpaired) electrons. The summed E-state index contributed by atoms with van der Waals surface area (Å²) < 4.78 is 8.65. The molecule has 0 N–H and O–H groups in total. The van der Waals surface area contributed by atoms with Gasteiger partial charge in [0.15, 0.2) is 11.8 Å². The molecule has 3 heteroatoms. The van der Waals surface area contributed by atoms with Crippen molar-refractivity contribution in [3.8, 4) is 11.3 Å². The molecule has 1 aliphatic carbocycles. The van der Waals surface area contributed by atoms with Gasteiger partial charge in [0.2, 0.25) is 11.4 Å². The zero-order chi connectivity index (χ0) is 20.9. The molecule has 0 aliphatic heterocycles. The normalized spacial score (nSPS) is 14.9. The number of nitrogens with zero attached hydrogens (tertiary/aromatic N) is 2. The third kappa shape index (κ3) is 3.11. The van der Waals surface area contributed by atoms with Gasteiger partial charge in [-0.05, 0) is 42.5 Å². The molecule has 0 atom stereocenters. The van der Waals surface area contributed by atoms with Crippen molar-refractivity contribution in [2.45, 2.75) is 39.0 Å². The summed E-state index contributed by atoms with van der Waals surface area (Å²) in [5.41, 5.74) is 7.66. The van der Waals surface area contributed by atoms with Crippen LogP contribution in [0.3, 0.4) is 0 Å². The lowest BCUT2D eigenvalue weighted by Gasteiger charge is -2.10. The first kappa shape index (κ1) is 18.6. The molecule has 0 saturated heterocycles. The van der Waals surface area contributed by atoms with Crippen LogP contribution in [0.1, 0.15) is 36.8 Å². The second-order valence-electron chi connectivity index (χ2n) is 9.16. The third-order valence-corrected chi connectivity index (χ3v) is 7.01. The minimum Gasteiger partial charge on any atom is -0.437 e. The highest BCUT2D eigenvalue weighted by Gasteiger charge is 2.23. The summed E-state index contributed by atoms with van der Waals surface area (Å²) in [7, 11) is 2.13. The fourth-order valence-corrected chi connectivity index (χ4v) is 5.32. The van der Waals surface area contributed by atoms with Gasteiger partial charge < -0.3 is 4.42 Å². The molecule has 6 rings (SSSR count). The van der Waals surface area contributed by atoms with Gasteiger partial charge in [0, 0.05) is 28.3 Å². The first-order valence-electron chi connectivity index (χ1n) is 11.4. The number of rotatable bonds is 3. The summed E-state index contributed by atoms with van der Waals surface area (Å²) in [6, 6.07) is 19.5. The maximum atomic E-state index is 6.43. The number of pyridine rings is 2. The van der Waals surface area contributed by atoms with Crippen LogP contribution in [0.5, 0.6) is 0 Å². The van der Waals surface area contributed by atoms with E-state index >= 15 is 0 Å². The molecular formula is C28H27N2O+. The highest BCUT2D eigenvalue weighted by Crippen LogP contribution is 2.38. The molecule has 1 saturated carbocycles. The van der Waals surface area contributed by atoms with Crippen molar-refractivity contribution >= 4 is 33.0 Å². The van der Waals surface area contributed by atoms with E-state index in [1.54, 1.807) is 0 Å². The number of hydrogen-bond acceptors (Lipinski definition) is 2. The van der Waals surface area contributed by atoms with Gasteiger partial charge in [0.1, 0.15) is 7.05 Å². The Morgan fingerprint density at radius 2 is 1.84 bits per heavy atom. The molecule has 3 aromatic heterocycles. The minimum absolute atomic E-state index is 0.713. The van der Waals surface area contributed by atoms with E-state index in [1.807, 2.05) is 12.1 Å². The van der Waals surface area contributed by atoms with Crippen molar-refractivity contribution in [2.24, 2.45) is 13.0 Å². The molecule has 31 heavy (non-hydrogen) atoms. The smallest absolute Gasteiger partial charge is 0.227 e. The van der Waals surface area contributed by atoms with Crippen molar-refractivity contribution in [1.29, 1.82) is 0 Å². The van der Waals surface area contributed by atoms with Crippen LogP contribution < -0.4 is 4.57 Å². The Hall–Kier alpha value is -3.20. The Morgan fingerprint density at radius 1 is 1.00 bits per heavy atom. The van der Waals surface area contributed by atoms with Gasteiger partial charge in [-0.15, -0.1) is 0 Å². The van der Waals surface area contributed by atoms with Crippen LogP contribution >= 0.6 is 0 Å². The first-order chi connectivity index (χ1) is 15.2. The number of aryl methyl sites for hydroxylation is 2. The molecular weight excluding hydrogens is 380 g/mol. The van der Waals surface area contributed by atoms with E-state index < -0.39 is 0 Å². The second kappa shape index (κ2) is 7.19. The molecule has 3 nitrogen and oxygen atoms in total. The van der Waals surface area contributed by atoms with E-state index in [0.29, 0.717) is 5.71 Å². The molecule has 5 aromatic rings. The number of benzene rings is 2. The van der Waals surface area contributed by atoms with Crippen LogP contribution in [0.4, 0.5) is 0 Å². The molecule has 2 aromatic carbocycles. The highest BCUT2D eigenvalue weighted by molar-refractivity contribution is 6.11. The lowest BCUT2D eigenvalue weighted by Crippen LogP contribution is -2.31. The van der Waals surface area contributed by atoms with Crippen LogP contribution in [0.25, 0.3) is 44.2 Å². The lowest BCUT2D eigenvalue weighted by molar-refractivity contribution is -0.660. The summed E-state index contributed by atoms with van der Waals surface area (Å²) in [5, 5.41) is 3.36. The first-order valence-corrected chi connectivity index (χ1v) is 11.4. The Balaban J connectivity index is 1.56. The van der Waals surface area contributed by atoms with Gasteiger partial charge in [-0.2, -0.15) is 0 Å². The van der Waals surface area contributed by atoms with E-state index in [2.05, 4.69) is 67.2 Å². The molecule has 1 aliphatic rings. The van der Waals surface area contributed by atoms with Crippen LogP contribution in [-0.2, 0) is 13.5 Å².